The Bertz CT molecular complexity index is 1170. The molecule has 1 saturated heterocycles. The van der Waals surface area contributed by atoms with Crippen LogP contribution < -0.4 is 19.9 Å². The summed E-state index contributed by atoms with van der Waals surface area (Å²) in [6.07, 6.45) is 7.43. The first-order chi connectivity index (χ1) is 18.6. The first-order valence-corrected chi connectivity index (χ1v) is 15.1. The second kappa shape index (κ2) is 13.0. The summed E-state index contributed by atoms with van der Waals surface area (Å²) in [5.41, 5.74) is 5.82. The number of nitrogens with zero attached hydrogens (tertiary/aromatic N) is 1. The fraction of sp³-hybridized carbons (Fsp3) is 0.536. The molecule has 1 saturated carbocycles. The van der Waals surface area contributed by atoms with Gasteiger partial charge >= 0.3 is 13.7 Å². The number of carbonyl (C=O) groups is 2. The third-order valence-corrected chi connectivity index (χ3v) is 9.14. The van der Waals surface area contributed by atoms with Gasteiger partial charge in [-0.05, 0) is 56.7 Å². The molecule has 1 amide bonds. The lowest BCUT2D eigenvalue weighted by atomic mass is 9.93. The van der Waals surface area contributed by atoms with Crippen molar-refractivity contribution in [1.29, 1.82) is 0 Å². The molecule has 0 bridgehead atoms. The van der Waals surface area contributed by atoms with Gasteiger partial charge in [-0.25, -0.2) is 4.57 Å². The van der Waals surface area contributed by atoms with Crippen molar-refractivity contribution in [3.63, 3.8) is 0 Å². The van der Waals surface area contributed by atoms with Crippen molar-refractivity contribution in [3.05, 3.63) is 60.4 Å². The number of esters is 1. The van der Waals surface area contributed by atoms with Crippen LogP contribution in [0.5, 0.6) is 5.75 Å². The highest BCUT2D eigenvalue weighted by Crippen LogP contribution is 2.47. The predicted molar refractivity (Wildman–Crippen MR) is 144 cm³/mol. The van der Waals surface area contributed by atoms with Crippen molar-refractivity contribution in [2.75, 3.05) is 6.61 Å². The number of para-hydroxylation sites is 1. The molecule has 2 fully saturated rings. The molecular weight excluding hydrogens is 521 g/mol. The minimum absolute atomic E-state index is 0.0265. The van der Waals surface area contributed by atoms with Crippen LogP contribution in [0.4, 0.5) is 0 Å². The van der Waals surface area contributed by atoms with Crippen LogP contribution >= 0.6 is 7.75 Å². The highest BCUT2D eigenvalue weighted by molar-refractivity contribution is 7.52. The number of primary amides is 1. The summed E-state index contributed by atoms with van der Waals surface area (Å²) in [5.74, 6) is -0.597. The molecule has 39 heavy (non-hydrogen) atoms. The first-order valence-electron chi connectivity index (χ1n) is 13.6. The minimum Gasteiger partial charge on any atom is -0.461 e. The number of nitrogens with two attached hydrogens (primary N) is 1. The van der Waals surface area contributed by atoms with Gasteiger partial charge in [0.25, 0.3) is 12.1 Å². The Hall–Kier alpha value is -2.78. The van der Waals surface area contributed by atoms with Crippen LogP contribution in [0.15, 0.2) is 54.9 Å². The number of carbonyl (C=O) groups excluding carboxylic acids is 2. The molecule has 1 aliphatic heterocycles. The maximum Gasteiger partial charge on any atom is 0.459 e. The molecule has 1 aliphatic carbocycles. The number of rotatable bonds is 11. The number of hydrogen-bond acceptors (Lipinski definition) is 7. The Balaban J connectivity index is 1.44. The van der Waals surface area contributed by atoms with E-state index in [0.29, 0.717) is 11.3 Å². The standard InChI is InChI=1S/C28H38N3O7P/c1-19-20(2)27(31-16-10-11-22(17-31)26(29)32)37-25(19)18-35-39(34,38-24-14-8-5-9-15-24)30-21(3)28(33)36-23-12-6-4-7-13-23/h5,8-11,14-17,19-21,23,25,27H,4,6-7,12-13,18H2,1-3H3,(H2-,29,30,32,34)/p+1/t19?,20?,21-,25+,27+,39?/m0/s1. The van der Waals surface area contributed by atoms with Crippen LogP contribution in [0.2, 0.25) is 0 Å². The number of amides is 1. The molecule has 1 aromatic carbocycles. The Morgan fingerprint density at radius 1 is 1.10 bits per heavy atom. The van der Waals surface area contributed by atoms with E-state index in [1.807, 2.05) is 30.7 Å². The Morgan fingerprint density at radius 3 is 2.51 bits per heavy atom. The molecule has 6 atom stereocenters. The van der Waals surface area contributed by atoms with E-state index in [9.17, 15) is 14.2 Å². The summed E-state index contributed by atoms with van der Waals surface area (Å²) in [5, 5.41) is 2.77. The van der Waals surface area contributed by atoms with E-state index in [0.717, 1.165) is 32.1 Å². The average Bonchev–Trinajstić information content (AvgIpc) is 3.22. The van der Waals surface area contributed by atoms with E-state index in [4.69, 9.17) is 24.3 Å². The molecule has 1 aromatic heterocycles. The molecule has 2 aliphatic rings. The van der Waals surface area contributed by atoms with Gasteiger partial charge in [0.15, 0.2) is 12.4 Å². The second-order valence-electron chi connectivity index (χ2n) is 10.4. The Kier molecular flexibility index (Phi) is 9.77. The van der Waals surface area contributed by atoms with Crippen molar-refractivity contribution < 1.29 is 37.2 Å². The third kappa shape index (κ3) is 7.66. The molecule has 10 nitrogen and oxygen atoms in total. The number of benzene rings is 1. The minimum atomic E-state index is -4.01. The predicted octanol–water partition coefficient (Wildman–Crippen LogP) is 4.30. The summed E-state index contributed by atoms with van der Waals surface area (Å²) in [6, 6.07) is 11.1. The SMILES string of the molecule is CC1C(C)[C@@H](COP(=O)(N[C@@H](C)C(=O)OC2CCCCC2)Oc2ccccc2)O[C@H]1[n+]1cccc(C(N)=O)c1. The smallest absolute Gasteiger partial charge is 0.459 e. The average molecular weight is 561 g/mol. The molecule has 212 valence electrons. The van der Waals surface area contributed by atoms with Crippen molar-refractivity contribution >= 4 is 19.6 Å². The lowest BCUT2D eigenvalue weighted by Crippen LogP contribution is -2.42. The summed E-state index contributed by atoms with van der Waals surface area (Å²) in [7, 11) is -4.01. The second-order valence-corrected chi connectivity index (χ2v) is 12.1. The van der Waals surface area contributed by atoms with Gasteiger partial charge < -0.3 is 19.7 Å². The van der Waals surface area contributed by atoms with Gasteiger partial charge in [-0.2, -0.15) is 9.65 Å². The molecule has 11 heteroatoms. The van der Waals surface area contributed by atoms with Gasteiger partial charge in [-0.3, -0.25) is 14.1 Å². The van der Waals surface area contributed by atoms with Gasteiger partial charge in [-0.15, -0.1) is 0 Å². The van der Waals surface area contributed by atoms with E-state index < -0.39 is 31.8 Å². The van der Waals surface area contributed by atoms with E-state index >= 15 is 0 Å². The van der Waals surface area contributed by atoms with E-state index in [-0.39, 0.29) is 30.8 Å². The first kappa shape index (κ1) is 29.2. The van der Waals surface area contributed by atoms with Crippen molar-refractivity contribution in [3.8, 4) is 5.75 Å². The maximum atomic E-state index is 13.9. The molecule has 0 radical (unpaired) electrons. The largest absolute Gasteiger partial charge is 0.461 e. The molecule has 3 N–H and O–H groups in total. The Labute approximate surface area is 229 Å². The number of ether oxygens (including phenoxy) is 2. The number of nitrogens with one attached hydrogen (secondary N) is 1. The molecule has 2 heterocycles. The van der Waals surface area contributed by atoms with Crippen molar-refractivity contribution in [1.82, 2.24) is 5.09 Å². The van der Waals surface area contributed by atoms with Crippen LogP contribution in [0, 0.1) is 11.8 Å². The lowest BCUT2D eigenvalue weighted by Gasteiger charge is -2.27. The maximum absolute atomic E-state index is 13.9. The zero-order valence-electron chi connectivity index (χ0n) is 22.7. The lowest BCUT2D eigenvalue weighted by molar-refractivity contribution is -0.765. The summed E-state index contributed by atoms with van der Waals surface area (Å²) in [6.45, 7) is 5.61. The van der Waals surface area contributed by atoms with Crippen LogP contribution in [0.25, 0.3) is 0 Å². The summed E-state index contributed by atoms with van der Waals surface area (Å²) >= 11 is 0. The molecule has 3 unspecified atom stereocenters. The van der Waals surface area contributed by atoms with Crippen LogP contribution in [-0.2, 0) is 23.4 Å². The summed E-state index contributed by atoms with van der Waals surface area (Å²) < 4.78 is 39.4. The zero-order chi connectivity index (χ0) is 28.0. The highest BCUT2D eigenvalue weighted by Gasteiger charge is 2.46. The third-order valence-electron chi connectivity index (χ3n) is 7.50. The van der Waals surface area contributed by atoms with Gasteiger partial charge in [-0.1, -0.05) is 38.5 Å². The zero-order valence-corrected chi connectivity index (χ0v) is 23.6. The van der Waals surface area contributed by atoms with Gasteiger partial charge in [0.2, 0.25) is 0 Å². The van der Waals surface area contributed by atoms with Gasteiger partial charge in [0.1, 0.15) is 23.5 Å². The molecule has 4 rings (SSSR count). The summed E-state index contributed by atoms with van der Waals surface area (Å²) in [4.78, 5) is 24.4. The molecule has 0 spiro atoms. The van der Waals surface area contributed by atoms with Gasteiger partial charge in [0, 0.05) is 6.07 Å². The van der Waals surface area contributed by atoms with Crippen molar-refractivity contribution in [2.45, 2.75) is 77.4 Å². The van der Waals surface area contributed by atoms with Gasteiger partial charge in [0.05, 0.1) is 18.6 Å². The number of aromatic nitrogens is 1. The fourth-order valence-corrected chi connectivity index (χ4v) is 6.48. The number of pyridine rings is 1. The number of hydrogen-bond donors (Lipinski definition) is 2. The topological polar surface area (TPSA) is 130 Å². The van der Waals surface area contributed by atoms with Crippen molar-refractivity contribution in [2.24, 2.45) is 17.6 Å². The fourth-order valence-electron chi connectivity index (χ4n) is 4.98. The van der Waals surface area contributed by atoms with Crippen LogP contribution in [0.3, 0.4) is 0 Å². The monoisotopic (exact) mass is 560 g/mol. The quantitative estimate of drug-likeness (QED) is 0.236. The van der Waals surface area contributed by atoms with Crippen LogP contribution in [0.1, 0.15) is 69.5 Å². The normalized spacial score (nSPS) is 25.9. The highest BCUT2D eigenvalue weighted by atomic mass is 31.2. The van der Waals surface area contributed by atoms with E-state index in [1.165, 1.54) is 0 Å². The van der Waals surface area contributed by atoms with E-state index in [2.05, 4.69) is 5.09 Å². The molecular formula is C28H39N3O7P+. The van der Waals surface area contributed by atoms with Crippen LogP contribution in [-0.4, -0.2) is 36.7 Å². The molecule has 2 aromatic rings. The van der Waals surface area contributed by atoms with E-state index in [1.54, 1.807) is 49.5 Å². The Morgan fingerprint density at radius 2 is 1.82 bits per heavy atom.